The Morgan fingerprint density at radius 1 is 1.17 bits per heavy atom. The van der Waals surface area contributed by atoms with E-state index in [1.165, 1.54) is 28.3 Å². The van der Waals surface area contributed by atoms with Crippen LogP contribution in [0, 0.1) is 5.92 Å². The van der Waals surface area contributed by atoms with Crippen LogP contribution in [0.3, 0.4) is 0 Å². The Morgan fingerprint density at radius 3 is 2.25 bits per heavy atom. The molecule has 4 heteroatoms. The van der Waals surface area contributed by atoms with Crippen molar-refractivity contribution in [3.63, 3.8) is 0 Å². The van der Waals surface area contributed by atoms with Crippen LogP contribution in [0.2, 0.25) is 0 Å². The smallest absolute Gasteiger partial charge is 0.332 e. The summed E-state index contributed by atoms with van der Waals surface area (Å²) in [5.74, 6) is 1.37. The summed E-state index contributed by atoms with van der Waals surface area (Å²) in [6.07, 6.45) is 4.60. The zero-order valence-electron chi connectivity index (χ0n) is 15.7. The van der Waals surface area contributed by atoms with Gasteiger partial charge in [0.25, 0.3) is 0 Å². The Balaban J connectivity index is 2.24. The maximum Gasteiger partial charge on any atom is 0.332 e. The molecule has 3 nitrogen and oxygen atoms in total. The number of anilines is 1. The van der Waals surface area contributed by atoms with Gasteiger partial charge in [0.1, 0.15) is 0 Å². The minimum Gasteiger partial charge on any atom is -0.334 e. The molecule has 2 rings (SSSR count). The quantitative estimate of drug-likeness (QED) is 0.655. The Bertz CT molecular complexity index is 545. The first-order valence-electron chi connectivity index (χ1n) is 9.23. The molecular formula is C20H32N2OS. The van der Waals surface area contributed by atoms with Crippen LogP contribution >= 0.6 is 12.8 Å². The van der Waals surface area contributed by atoms with Crippen LogP contribution in [0.25, 0.3) is 0 Å². The van der Waals surface area contributed by atoms with E-state index in [4.69, 9.17) is 0 Å². The van der Waals surface area contributed by atoms with E-state index in [9.17, 15) is 4.79 Å². The SMILES string of the molecule is CC1CCCC(NC(=O)N(S)c2c(C(C)C)cccc2C(C)C)C1. The fourth-order valence-electron chi connectivity index (χ4n) is 3.66. The lowest BCUT2D eigenvalue weighted by molar-refractivity contribution is 0.236. The molecule has 1 aromatic rings. The van der Waals surface area contributed by atoms with E-state index < -0.39 is 0 Å². The minimum atomic E-state index is -0.104. The Hall–Kier alpha value is -1.16. The zero-order chi connectivity index (χ0) is 17.9. The number of amides is 2. The zero-order valence-corrected chi connectivity index (χ0v) is 16.6. The molecule has 2 unspecified atom stereocenters. The summed E-state index contributed by atoms with van der Waals surface area (Å²) in [4.78, 5) is 12.8. The first-order valence-corrected chi connectivity index (χ1v) is 9.63. The fourth-order valence-corrected chi connectivity index (χ4v) is 3.95. The Kier molecular flexibility index (Phi) is 6.62. The van der Waals surface area contributed by atoms with Crippen molar-refractivity contribution in [2.45, 2.75) is 78.2 Å². The Labute approximate surface area is 152 Å². The fraction of sp³-hybridized carbons (Fsp3) is 0.650. The van der Waals surface area contributed by atoms with E-state index in [-0.39, 0.29) is 12.1 Å². The van der Waals surface area contributed by atoms with Crippen LogP contribution in [0.1, 0.15) is 83.3 Å². The third kappa shape index (κ3) is 4.47. The molecule has 134 valence electrons. The number of carbonyl (C=O) groups is 1. The average Bonchev–Trinajstić information content (AvgIpc) is 2.53. The van der Waals surface area contributed by atoms with Crippen molar-refractivity contribution in [3.8, 4) is 0 Å². The van der Waals surface area contributed by atoms with Gasteiger partial charge in [0.15, 0.2) is 0 Å². The average molecular weight is 349 g/mol. The van der Waals surface area contributed by atoms with Gasteiger partial charge in [-0.05, 0) is 41.7 Å². The van der Waals surface area contributed by atoms with Crippen LogP contribution in [0.15, 0.2) is 18.2 Å². The van der Waals surface area contributed by atoms with Crippen LogP contribution in [0.5, 0.6) is 0 Å². The summed E-state index contributed by atoms with van der Waals surface area (Å²) < 4.78 is 1.53. The molecule has 2 atom stereocenters. The number of benzene rings is 1. The molecule has 1 N–H and O–H groups in total. The molecule has 0 bridgehead atoms. The molecule has 1 fully saturated rings. The van der Waals surface area contributed by atoms with Crippen LogP contribution in [-0.4, -0.2) is 12.1 Å². The molecule has 0 heterocycles. The van der Waals surface area contributed by atoms with E-state index in [0.29, 0.717) is 17.8 Å². The first-order chi connectivity index (χ1) is 11.3. The molecule has 0 aliphatic heterocycles. The van der Waals surface area contributed by atoms with Crippen molar-refractivity contribution in [1.82, 2.24) is 5.32 Å². The second kappa shape index (κ2) is 8.28. The van der Waals surface area contributed by atoms with Gasteiger partial charge in [-0.1, -0.05) is 78.5 Å². The van der Waals surface area contributed by atoms with E-state index in [1.807, 2.05) is 0 Å². The number of rotatable bonds is 4. The monoisotopic (exact) mass is 348 g/mol. The van der Waals surface area contributed by atoms with Gasteiger partial charge in [0.2, 0.25) is 0 Å². The highest BCUT2D eigenvalue weighted by Crippen LogP contribution is 2.36. The highest BCUT2D eigenvalue weighted by atomic mass is 32.1. The number of hydrogen-bond donors (Lipinski definition) is 2. The maximum atomic E-state index is 12.8. The van der Waals surface area contributed by atoms with Crippen LogP contribution in [0.4, 0.5) is 10.5 Å². The number of thiol groups is 1. The standard InChI is InChI=1S/C20H32N2OS/c1-13(2)17-10-7-11-18(14(3)4)19(17)22(24)20(23)21-16-9-6-8-15(5)12-16/h7,10-11,13-16,24H,6,8-9,12H2,1-5H3,(H,21,23). The summed E-state index contributed by atoms with van der Waals surface area (Å²) in [6.45, 7) is 10.9. The van der Waals surface area contributed by atoms with Gasteiger partial charge in [-0.3, -0.25) is 0 Å². The van der Waals surface area contributed by atoms with E-state index in [2.05, 4.69) is 70.9 Å². The number of urea groups is 1. The topological polar surface area (TPSA) is 32.3 Å². The van der Waals surface area contributed by atoms with Gasteiger partial charge < -0.3 is 5.32 Å². The van der Waals surface area contributed by atoms with Gasteiger partial charge in [-0.2, -0.15) is 0 Å². The first kappa shape index (κ1) is 19.2. The lowest BCUT2D eigenvalue weighted by Gasteiger charge is -2.31. The van der Waals surface area contributed by atoms with Crippen molar-refractivity contribution in [3.05, 3.63) is 29.3 Å². The largest absolute Gasteiger partial charge is 0.334 e. The lowest BCUT2D eigenvalue weighted by Crippen LogP contribution is -2.43. The number of para-hydroxylation sites is 1. The lowest BCUT2D eigenvalue weighted by atomic mass is 9.87. The van der Waals surface area contributed by atoms with Crippen molar-refractivity contribution >= 4 is 24.5 Å². The predicted octanol–water partition coefficient (Wildman–Crippen LogP) is 5.87. The second-order valence-corrected chi connectivity index (χ2v) is 8.22. The summed E-state index contributed by atoms with van der Waals surface area (Å²) in [5.41, 5.74) is 3.29. The molecule has 1 saturated carbocycles. The van der Waals surface area contributed by atoms with Gasteiger partial charge in [-0.15, -0.1) is 0 Å². The predicted molar refractivity (Wildman–Crippen MR) is 106 cm³/mol. The second-order valence-electron chi connectivity index (χ2n) is 7.82. The van der Waals surface area contributed by atoms with Crippen molar-refractivity contribution in [2.75, 3.05) is 4.31 Å². The van der Waals surface area contributed by atoms with E-state index >= 15 is 0 Å². The molecule has 1 aromatic carbocycles. The van der Waals surface area contributed by atoms with Crippen molar-refractivity contribution < 1.29 is 4.79 Å². The summed E-state index contributed by atoms with van der Waals surface area (Å²) in [5, 5.41) is 3.19. The van der Waals surface area contributed by atoms with Crippen molar-refractivity contribution in [1.29, 1.82) is 0 Å². The molecule has 0 radical (unpaired) electrons. The molecule has 1 aliphatic rings. The van der Waals surface area contributed by atoms with E-state index in [0.717, 1.165) is 18.5 Å². The minimum absolute atomic E-state index is 0.104. The summed E-state index contributed by atoms with van der Waals surface area (Å²) >= 11 is 4.59. The number of nitrogens with zero attached hydrogens (tertiary/aromatic N) is 1. The molecule has 1 aliphatic carbocycles. The maximum absolute atomic E-state index is 12.8. The molecule has 2 amide bonds. The Morgan fingerprint density at radius 2 is 1.75 bits per heavy atom. The molecule has 0 saturated heterocycles. The summed E-state index contributed by atoms with van der Waals surface area (Å²) in [6, 6.07) is 6.45. The number of hydrogen-bond acceptors (Lipinski definition) is 2. The molecule has 24 heavy (non-hydrogen) atoms. The molecular weight excluding hydrogens is 316 g/mol. The highest BCUT2D eigenvalue weighted by Gasteiger charge is 2.26. The van der Waals surface area contributed by atoms with Gasteiger partial charge >= 0.3 is 6.03 Å². The highest BCUT2D eigenvalue weighted by molar-refractivity contribution is 7.82. The number of nitrogens with one attached hydrogen (secondary N) is 1. The van der Waals surface area contributed by atoms with Gasteiger partial charge in [-0.25, -0.2) is 9.10 Å². The van der Waals surface area contributed by atoms with Crippen molar-refractivity contribution in [2.24, 2.45) is 5.92 Å². The summed E-state index contributed by atoms with van der Waals surface area (Å²) in [7, 11) is 0. The number of carbonyl (C=O) groups excluding carboxylic acids is 1. The molecule has 0 spiro atoms. The third-order valence-electron chi connectivity index (χ3n) is 5.01. The third-order valence-corrected chi connectivity index (χ3v) is 5.39. The van der Waals surface area contributed by atoms with Gasteiger partial charge in [0, 0.05) is 6.04 Å². The van der Waals surface area contributed by atoms with Crippen LogP contribution in [-0.2, 0) is 0 Å². The van der Waals surface area contributed by atoms with Crippen LogP contribution < -0.4 is 9.62 Å². The van der Waals surface area contributed by atoms with E-state index in [1.54, 1.807) is 0 Å². The molecule has 0 aromatic heterocycles. The normalized spacial score (nSPS) is 21.2. The van der Waals surface area contributed by atoms with Gasteiger partial charge in [0.05, 0.1) is 5.69 Å².